The van der Waals surface area contributed by atoms with Gasteiger partial charge in [-0.15, -0.1) is 0 Å². The minimum Gasteiger partial charge on any atom is -0.481 e. The van der Waals surface area contributed by atoms with Crippen molar-refractivity contribution in [1.29, 1.82) is 0 Å². The number of carboxylic acid groups (broad SMARTS) is 1. The highest BCUT2D eigenvalue weighted by molar-refractivity contribution is 5.66. The summed E-state index contributed by atoms with van der Waals surface area (Å²) in [4.78, 5) is 16.2. The molecule has 1 heterocycles. The summed E-state index contributed by atoms with van der Waals surface area (Å²) in [6.07, 6.45) is 2.51. The van der Waals surface area contributed by atoms with E-state index in [0.717, 1.165) is 4.57 Å². The first-order chi connectivity index (χ1) is 8.41. The van der Waals surface area contributed by atoms with Crippen LogP contribution >= 0.6 is 0 Å². The van der Waals surface area contributed by atoms with Gasteiger partial charge in [0, 0.05) is 25.0 Å². The maximum Gasteiger partial charge on any atom is 0.319 e. The van der Waals surface area contributed by atoms with Crippen LogP contribution in [0.2, 0.25) is 0 Å². The first-order valence-corrected chi connectivity index (χ1v) is 5.67. The Morgan fingerprint density at radius 1 is 1.56 bits per heavy atom. The first-order valence-electron chi connectivity index (χ1n) is 5.67. The molecule has 18 heavy (non-hydrogen) atoms. The predicted molar refractivity (Wildman–Crippen MR) is 61.3 cm³/mol. The third-order valence-corrected chi connectivity index (χ3v) is 2.65. The monoisotopic (exact) mass is 261 g/mol. The first kappa shape index (κ1) is 14.6. The summed E-state index contributed by atoms with van der Waals surface area (Å²) in [5.41, 5.74) is 0. The van der Waals surface area contributed by atoms with Gasteiger partial charge in [0.05, 0.1) is 13.0 Å². The van der Waals surface area contributed by atoms with Crippen molar-refractivity contribution >= 4 is 5.97 Å². The Morgan fingerprint density at radius 3 is 2.72 bits per heavy atom. The van der Waals surface area contributed by atoms with Gasteiger partial charge in [-0.05, 0) is 13.8 Å². The number of nitrogens with zero attached hydrogens (tertiary/aromatic N) is 3. The Morgan fingerprint density at radius 2 is 2.22 bits per heavy atom. The number of rotatable bonds is 7. The molecule has 0 radical (unpaired) electrons. The molecule has 0 amide bonds. The molecule has 7 heteroatoms. The lowest BCUT2D eigenvalue weighted by atomic mass is 10.2. The number of carboxylic acids is 1. The molecule has 1 rings (SSSR count). The van der Waals surface area contributed by atoms with Crippen LogP contribution in [0, 0.1) is 0 Å². The van der Waals surface area contributed by atoms with Gasteiger partial charge in [0.25, 0.3) is 0 Å². The summed E-state index contributed by atoms with van der Waals surface area (Å²) < 4.78 is 26.1. The smallest absolute Gasteiger partial charge is 0.319 e. The average Bonchev–Trinajstić information content (AvgIpc) is 2.71. The summed E-state index contributed by atoms with van der Waals surface area (Å²) in [6, 6.07) is 0.0622. The maximum absolute atomic E-state index is 12.6. The second-order valence-corrected chi connectivity index (χ2v) is 4.24. The second kappa shape index (κ2) is 6.44. The van der Waals surface area contributed by atoms with Gasteiger partial charge in [-0.1, -0.05) is 0 Å². The molecule has 1 N–H and O–H groups in total. The zero-order chi connectivity index (χ0) is 13.7. The molecule has 1 aromatic rings. The molecule has 0 atom stereocenters. The van der Waals surface area contributed by atoms with E-state index in [1.165, 1.54) is 12.4 Å². The Kier molecular flexibility index (Phi) is 5.21. The molecule has 0 bridgehead atoms. The van der Waals surface area contributed by atoms with Gasteiger partial charge in [-0.2, -0.15) is 8.78 Å². The number of hydrogen-bond donors (Lipinski definition) is 1. The summed E-state index contributed by atoms with van der Waals surface area (Å²) in [5, 5.41) is 8.65. The molecule has 5 nitrogen and oxygen atoms in total. The van der Waals surface area contributed by atoms with E-state index in [1.807, 2.05) is 13.8 Å². The van der Waals surface area contributed by atoms with Gasteiger partial charge >= 0.3 is 12.5 Å². The van der Waals surface area contributed by atoms with Crippen molar-refractivity contribution in [2.45, 2.75) is 39.4 Å². The number of carbonyl (C=O) groups is 1. The normalized spacial score (nSPS) is 11.7. The Balaban J connectivity index is 2.70. The van der Waals surface area contributed by atoms with Crippen molar-refractivity contribution in [3.05, 3.63) is 18.2 Å². The van der Waals surface area contributed by atoms with Gasteiger partial charge in [-0.25, -0.2) is 4.98 Å². The Labute approximate surface area is 104 Å². The fourth-order valence-electron chi connectivity index (χ4n) is 1.58. The van der Waals surface area contributed by atoms with Crippen LogP contribution < -0.4 is 0 Å². The van der Waals surface area contributed by atoms with Crippen molar-refractivity contribution in [1.82, 2.24) is 14.5 Å². The van der Waals surface area contributed by atoms with Crippen LogP contribution in [0.1, 0.15) is 32.6 Å². The summed E-state index contributed by atoms with van der Waals surface area (Å²) in [6.45, 7) is 1.66. The van der Waals surface area contributed by atoms with E-state index in [9.17, 15) is 13.6 Å². The molecule has 0 aliphatic carbocycles. The number of imidazole rings is 1. The molecule has 0 saturated carbocycles. The molecular weight excluding hydrogens is 244 g/mol. The Bertz CT molecular complexity index is 393. The van der Waals surface area contributed by atoms with E-state index >= 15 is 0 Å². The number of alkyl halides is 2. The van der Waals surface area contributed by atoms with Crippen molar-refractivity contribution < 1.29 is 18.7 Å². The van der Waals surface area contributed by atoms with Crippen molar-refractivity contribution in [3.8, 4) is 0 Å². The van der Waals surface area contributed by atoms with Crippen molar-refractivity contribution in [3.63, 3.8) is 0 Å². The van der Waals surface area contributed by atoms with E-state index < -0.39 is 12.5 Å². The van der Waals surface area contributed by atoms with E-state index in [0.29, 0.717) is 6.54 Å². The molecule has 0 aromatic carbocycles. The minimum atomic E-state index is -2.63. The van der Waals surface area contributed by atoms with Gasteiger partial charge in [0.15, 0.2) is 0 Å². The highest BCUT2D eigenvalue weighted by Gasteiger charge is 2.17. The molecule has 0 aliphatic heterocycles. The minimum absolute atomic E-state index is 0.0203. The molecule has 0 saturated heterocycles. The van der Waals surface area contributed by atoms with Gasteiger partial charge in [-0.3, -0.25) is 14.3 Å². The fraction of sp³-hybridized carbons (Fsp3) is 0.636. The molecule has 1 aromatic heterocycles. The van der Waals surface area contributed by atoms with Gasteiger partial charge < -0.3 is 5.11 Å². The predicted octanol–water partition coefficient (Wildman–Crippen LogP) is 1.96. The SMILES string of the molecule is CC(C)N(CCC(=O)O)Cc1nccn1C(F)F. The fourth-order valence-corrected chi connectivity index (χ4v) is 1.58. The maximum atomic E-state index is 12.6. The molecule has 102 valence electrons. The summed E-state index contributed by atoms with van der Waals surface area (Å²) in [7, 11) is 0. The van der Waals surface area contributed by atoms with E-state index in [1.54, 1.807) is 4.90 Å². The van der Waals surface area contributed by atoms with Crippen LogP contribution in [0.4, 0.5) is 8.78 Å². The topological polar surface area (TPSA) is 58.4 Å². The largest absolute Gasteiger partial charge is 0.481 e. The Hall–Kier alpha value is -1.50. The second-order valence-electron chi connectivity index (χ2n) is 4.24. The number of hydrogen-bond acceptors (Lipinski definition) is 3. The summed E-state index contributed by atoms with van der Waals surface area (Å²) in [5.74, 6) is -0.665. The lowest BCUT2D eigenvalue weighted by Crippen LogP contribution is -2.33. The molecule has 0 spiro atoms. The van der Waals surface area contributed by atoms with Gasteiger partial charge in [0.2, 0.25) is 0 Å². The van der Waals surface area contributed by atoms with Crippen LogP contribution in [0.3, 0.4) is 0 Å². The molecule has 0 unspecified atom stereocenters. The standard InChI is InChI=1S/C11H17F2N3O2/c1-8(2)15(5-3-10(17)18)7-9-14-4-6-16(9)11(12)13/h4,6,8,11H,3,5,7H2,1-2H3,(H,17,18). The summed E-state index contributed by atoms with van der Waals surface area (Å²) >= 11 is 0. The number of aromatic nitrogens is 2. The van der Waals surface area contributed by atoms with Crippen LogP contribution in [0.25, 0.3) is 0 Å². The molecular formula is C11H17F2N3O2. The van der Waals surface area contributed by atoms with Crippen molar-refractivity contribution in [2.75, 3.05) is 6.54 Å². The lowest BCUT2D eigenvalue weighted by Gasteiger charge is -2.25. The third-order valence-electron chi connectivity index (χ3n) is 2.65. The van der Waals surface area contributed by atoms with Gasteiger partial charge in [0.1, 0.15) is 5.82 Å². The van der Waals surface area contributed by atoms with Crippen LogP contribution in [0.15, 0.2) is 12.4 Å². The van der Waals surface area contributed by atoms with Crippen LogP contribution in [0.5, 0.6) is 0 Å². The third kappa shape index (κ3) is 4.06. The van der Waals surface area contributed by atoms with Crippen LogP contribution in [-0.2, 0) is 11.3 Å². The lowest BCUT2D eigenvalue weighted by molar-refractivity contribution is -0.137. The number of halogens is 2. The number of aliphatic carboxylic acids is 1. The highest BCUT2D eigenvalue weighted by Crippen LogP contribution is 2.15. The quantitative estimate of drug-likeness (QED) is 0.815. The van der Waals surface area contributed by atoms with E-state index in [-0.39, 0.29) is 24.8 Å². The zero-order valence-electron chi connectivity index (χ0n) is 10.4. The van der Waals surface area contributed by atoms with E-state index in [4.69, 9.17) is 5.11 Å². The zero-order valence-corrected chi connectivity index (χ0v) is 10.4. The average molecular weight is 261 g/mol. The van der Waals surface area contributed by atoms with Crippen molar-refractivity contribution in [2.24, 2.45) is 0 Å². The van der Waals surface area contributed by atoms with E-state index in [2.05, 4.69) is 4.98 Å². The highest BCUT2D eigenvalue weighted by atomic mass is 19.3. The molecule has 0 fully saturated rings. The van der Waals surface area contributed by atoms with Crippen LogP contribution in [-0.4, -0.2) is 38.1 Å². The molecule has 0 aliphatic rings.